The third-order valence-corrected chi connectivity index (χ3v) is 4.12. The van der Waals surface area contributed by atoms with Gasteiger partial charge in [-0.25, -0.2) is 0 Å². The van der Waals surface area contributed by atoms with Crippen LogP contribution in [0.1, 0.15) is 44.0 Å². The Bertz CT molecular complexity index is 612. The summed E-state index contributed by atoms with van der Waals surface area (Å²) in [5.41, 5.74) is 0.945. The van der Waals surface area contributed by atoms with Gasteiger partial charge in [-0.15, -0.1) is 0 Å². The zero-order chi connectivity index (χ0) is 18.5. The summed E-state index contributed by atoms with van der Waals surface area (Å²) >= 11 is 4.73. The van der Waals surface area contributed by atoms with Gasteiger partial charge in [-0.1, -0.05) is 22.5 Å². The van der Waals surface area contributed by atoms with E-state index in [9.17, 15) is 18.0 Å². The number of anilines is 1. The van der Waals surface area contributed by atoms with Crippen LogP contribution in [0.25, 0.3) is 0 Å². The van der Waals surface area contributed by atoms with Crippen molar-refractivity contribution in [1.29, 1.82) is 0 Å². The molecule has 1 amide bonds. The number of allylic oxidation sites excluding steroid dienone is 1. The van der Waals surface area contributed by atoms with Crippen molar-refractivity contribution in [2.24, 2.45) is 0 Å². The maximum absolute atomic E-state index is 12.4. The van der Waals surface area contributed by atoms with E-state index in [1.165, 1.54) is 11.9 Å². The number of nitrogens with one attached hydrogen (secondary N) is 2. The second-order valence-electron chi connectivity index (χ2n) is 6.18. The van der Waals surface area contributed by atoms with E-state index < -0.39 is 18.5 Å². The van der Waals surface area contributed by atoms with Gasteiger partial charge < -0.3 is 10.0 Å². The van der Waals surface area contributed by atoms with Crippen LogP contribution in [0.2, 0.25) is 0 Å². The average Bonchev–Trinajstić information content (AvgIpc) is 2.42. The smallest absolute Gasteiger partial charge is 0.329 e. The van der Waals surface area contributed by atoms with E-state index in [1.807, 2.05) is 20.8 Å². The third kappa shape index (κ3) is 8.10. The molecular formula is C16H20BrF3N2OS. The molecule has 0 spiro atoms. The lowest BCUT2D eigenvalue weighted by Crippen LogP contribution is -2.24. The molecule has 0 aliphatic carbocycles. The first-order chi connectivity index (χ1) is 10.9. The number of benzene rings is 1. The number of amides is 1. The van der Waals surface area contributed by atoms with Gasteiger partial charge in [0.1, 0.15) is 0 Å². The van der Waals surface area contributed by atoms with Crippen LogP contribution < -0.4 is 10.0 Å². The fourth-order valence-electron chi connectivity index (χ4n) is 1.58. The summed E-state index contributed by atoms with van der Waals surface area (Å²) in [6.45, 7) is 9.54. The van der Waals surface area contributed by atoms with Crippen molar-refractivity contribution >= 4 is 39.5 Å². The first-order valence-corrected chi connectivity index (χ1v) is 8.78. The molecule has 3 nitrogen and oxygen atoms in total. The maximum atomic E-state index is 12.4. The lowest BCUT2D eigenvalue weighted by Gasteiger charge is -2.20. The van der Waals surface area contributed by atoms with Crippen LogP contribution in [0.4, 0.5) is 18.9 Å². The van der Waals surface area contributed by atoms with E-state index in [4.69, 9.17) is 0 Å². The van der Waals surface area contributed by atoms with E-state index >= 15 is 0 Å². The van der Waals surface area contributed by atoms with Crippen molar-refractivity contribution in [3.63, 3.8) is 0 Å². The SMILES string of the molecule is C=C(CCC(F)(F)F)NC(=O)c1cc(Br)ccc1NSC(C)(C)C. The second-order valence-corrected chi connectivity index (χ2v) is 8.73. The topological polar surface area (TPSA) is 41.1 Å². The highest BCUT2D eigenvalue weighted by Gasteiger charge is 2.27. The summed E-state index contributed by atoms with van der Waals surface area (Å²) in [5.74, 6) is -0.500. The van der Waals surface area contributed by atoms with E-state index in [0.717, 1.165) is 0 Å². The van der Waals surface area contributed by atoms with E-state index in [-0.39, 0.29) is 16.9 Å². The monoisotopic (exact) mass is 424 g/mol. The van der Waals surface area contributed by atoms with Crippen LogP contribution in [0.5, 0.6) is 0 Å². The lowest BCUT2D eigenvalue weighted by atomic mass is 10.1. The first kappa shape index (κ1) is 20.9. The summed E-state index contributed by atoms with van der Waals surface area (Å²) < 4.78 is 40.4. The predicted molar refractivity (Wildman–Crippen MR) is 97.0 cm³/mol. The van der Waals surface area contributed by atoms with Crippen molar-refractivity contribution in [2.75, 3.05) is 4.72 Å². The Kier molecular flexibility index (Phi) is 7.22. The van der Waals surface area contributed by atoms with E-state index in [2.05, 4.69) is 32.5 Å². The molecule has 0 unspecified atom stereocenters. The quantitative estimate of drug-likeness (QED) is 0.558. The Labute approximate surface area is 152 Å². The van der Waals surface area contributed by atoms with Gasteiger partial charge in [0.15, 0.2) is 0 Å². The molecule has 134 valence electrons. The molecule has 0 saturated carbocycles. The summed E-state index contributed by atoms with van der Waals surface area (Å²) in [6.07, 6.45) is -5.64. The minimum absolute atomic E-state index is 0.0340. The van der Waals surface area contributed by atoms with Crippen LogP contribution in [-0.2, 0) is 0 Å². The number of hydrogen-bond acceptors (Lipinski definition) is 3. The molecule has 0 fully saturated rings. The predicted octanol–water partition coefficient (Wildman–Crippen LogP) is 5.89. The van der Waals surface area contributed by atoms with Gasteiger partial charge in [-0.2, -0.15) is 13.2 Å². The Morgan fingerprint density at radius 3 is 2.46 bits per heavy atom. The standard InChI is InChI=1S/C16H20BrF3N2OS/c1-10(7-8-16(18,19)20)21-14(23)12-9-11(17)5-6-13(12)22-24-15(2,3)4/h5-6,9,22H,1,7-8H2,2-4H3,(H,21,23). The first-order valence-electron chi connectivity index (χ1n) is 7.17. The Balaban J connectivity index is 2.81. The molecule has 8 heteroatoms. The number of hydrogen-bond donors (Lipinski definition) is 2. The van der Waals surface area contributed by atoms with E-state index in [0.29, 0.717) is 15.7 Å². The van der Waals surface area contributed by atoms with Crippen LogP contribution in [-0.4, -0.2) is 16.8 Å². The molecule has 0 aliphatic rings. The number of halogens is 4. The van der Waals surface area contributed by atoms with Crippen LogP contribution >= 0.6 is 27.9 Å². The van der Waals surface area contributed by atoms with Crippen molar-refractivity contribution < 1.29 is 18.0 Å². The largest absolute Gasteiger partial charge is 0.389 e. The zero-order valence-electron chi connectivity index (χ0n) is 13.7. The zero-order valence-corrected chi connectivity index (χ0v) is 16.1. The van der Waals surface area contributed by atoms with Crippen molar-refractivity contribution in [2.45, 2.75) is 44.5 Å². The Morgan fingerprint density at radius 2 is 1.92 bits per heavy atom. The molecular weight excluding hydrogens is 405 g/mol. The molecule has 1 rings (SSSR count). The van der Waals surface area contributed by atoms with E-state index in [1.54, 1.807) is 18.2 Å². The summed E-state index contributed by atoms with van der Waals surface area (Å²) in [4.78, 5) is 12.4. The fraction of sp³-hybridized carbons (Fsp3) is 0.438. The van der Waals surface area contributed by atoms with Gasteiger partial charge in [0.05, 0.1) is 11.3 Å². The maximum Gasteiger partial charge on any atom is 0.389 e. The number of rotatable bonds is 6. The number of carbonyl (C=O) groups is 1. The van der Waals surface area contributed by atoms with Gasteiger partial charge in [-0.3, -0.25) is 4.79 Å². The molecule has 24 heavy (non-hydrogen) atoms. The molecule has 0 atom stereocenters. The summed E-state index contributed by atoms with van der Waals surface area (Å²) in [5, 5.41) is 2.43. The minimum atomic E-state index is -4.28. The summed E-state index contributed by atoms with van der Waals surface area (Å²) in [7, 11) is 0. The third-order valence-electron chi connectivity index (χ3n) is 2.69. The van der Waals surface area contributed by atoms with Gasteiger partial charge in [0.25, 0.3) is 5.91 Å². The average molecular weight is 425 g/mol. The van der Waals surface area contributed by atoms with Crippen LogP contribution in [0.3, 0.4) is 0 Å². The Morgan fingerprint density at radius 1 is 1.29 bits per heavy atom. The molecule has 0 heterocycles. The van der Waals surface area contributed by atoms with Gasteiger partial charge in [0.2, 0.25) is 0 Å². The fourth-order valence-corrected chi connectivity index (χ4v) is 2.54. The minimum Gasteiger partial charge on any atom is -0.329 e. The highest BCUT2D eigenvalue weighted by Crippen LogP contribution is 2.29. The van der Waals surface area contributed by atoms with Crippen molar-refractivity contribution in [3.8, 4) is 0 Å². The lowest BCUT2D eigenvalue weighted by molar-refractivity contribution is -0.134. The van der Waals surface area contributed by atoms with Crippen LogP contribution in [0.15, 0.2) is 34.9 Å². The number of alkyl halides is 3. The van der Waals surface area contributed by atoms with Gasteiger partial charge >= 0.3 is 6.18 Å². The highest BCUT2D eigenvalue weighted by atomic mass is 79.9. The molecule has 0 saturated heterocycles. The molecule has 2 N–H and O–H groups in total. The highest BCUT2D eigenvalue weighted by molar-refractivity contribution is 9.10. The summed E-state index contributed by atoms with van der Waals surface area (Å²) in [6, 6.07) is 5.12. The van der Waals surface area contributed by atoms with Crippen molar-refractivity contribution in [3.05, 3.63) is 40.5 Å². The van der Waals surface area contributed by atoms with Crippen LogP contribution in [0, 0.1) is 0 Å². The van der Waals surface area contributed by atoms with Gasteiger partial charge in [-0.05, 0) is 57.3 Å². The Hall–Kier alpha value is -1.15. The van der Waals surface area contributed by atoms with Crippen molar-refractivity contribution in [1.82, 2.24) is 5.32 Å². The number of carbonyl (C=O) groups excluding carboxylic acids is 1. The molecule has 1 aromatic rings. The molecule has 1 aromatic carbocycles. The molecule has 0 aromatic heterocycles. The molecule has 0 bridgehead atoms. The normalized spacial score (nSPS) is 12.0. The van der Waals surface area contributed by atoms with Gasteiger partial charge in [0, 0.05) is 21.3 Å². The second kappa shape index (κ2) is 8.29. The molecule has 0 radical (unpaired) electrons. The molecule has 0 aliphatic heterocycles.